The SMILES string of the molecule is CCOC(=O)C(F)(F)Oc1cc(Cl)c(Cl)cc1[N+](=O)[O-]. The standard InChI is InChI=1S/C10H7Cl2F2NO5/c1-2-19-9(16)10(13,14)20-8-4-6(12)5(11)3-7(8)15(17)18/h3-4H,2H2,1H3. The van der Waals surface area contributed by atoms with Crippen molar-refractivity contribution in [2.45, 2.75) is 13.0 Å². The molecule has 1 rings (SSSR count). The van der Waals surface area contributed by atoms with Crippen LogP contribution in [0.25, 0.3) is 0 Å². The minimum atomic E-state index is -4.39. The monoisotopic (exact) mass is 329 g/mol. The van der Waals surface area contributed by atoms with E-state index in [9.17, 15) is 23.7 Å². The summed E-state index contributed by atoms with van der Waals surface area (Å²) in [6.07, 6.45) is -4.39. The lowest BCUT2D eigenvalue weighted by atomic mass is 10.3. The van der Waals surface area contributed by atoms with E-state index in [1.807, 2.05) is 0 Å². The van der Waals surface area contributed by atoms with Crippen molar-refractivity contribution in [3.8, 4) is 5.75 Å². The largest absolute Gasteiger partial charge is 0.502 e. The molecule has 0 radical (unpaired) electrons. The van der Waals surface area contributed by atoms with Crippen molar-refractivity contribution < 1.29 is 28.0 Å². The van der Waals surface area contributed by atoms with E-state index in [1.165, 1.54) is 6.92 Å². The first-order valence-electron chi connectivity index (χ1n) is 5.06. The average Bonchev–Trinajstić information content (AvgIpc) is 2.33. The van der Waals surface area contributed by atoms with E-state index in [2.05, 4.69) is 9.47 Å². The quantitative estimate of drug-likeness (QED) is 0.469. The number of rotatable bonds is 5. The van der Waals surface area contributed by atoms with Crippen LogP contribution in [0.15, 0.2) is 12.1 Å². The Morgan fingerprint density at radius 2 is 1.95 bits per heavy atom. The third-order valence-corrected chi connectivity index (χ3v) is 2.67. The molecule has 1 aromatic carbocycles. The number of carbonyl (C=O) groups is 1. The molecule has 0 atom stereocenters. The van der Waals surface area contributed by atoms with Crippen LogP contribution in [0.1, 0.15) is 6.92 Å². The predicted octanol–water partition coefficient (Wildman–Crippen LogP) is 3.44. The zero-order chi connectivity index (χ0) is 15.5. The molecule has 110 valence electrons. The third-order valence-electron chi connectivity index (χ3n) is 1.95. The maximum Gasteiger partial charge on any atom is 0.502 e. The number of ether oxygens (including phenoxy) is 2. The molecule has 1 aromatic rings. The topological polar surface area (TPSA) is 78.7 Å². The first kappa shape index (κ1) is 16.4. The van der Waals surface area contributed by atoms with Crippen molar-refractivity contribution >= 4 is 34.9 Å². The van der Waals surface area contributed by atoms with E-state index in [1.54, 1.807) is 0 Å². The highest BCUT2D eigenvalue weighted by atomic mass is 35.5. The highest BCUT2D eigenvalue weighted by Gasteiger charge is 2.45. The lowest BCUT2D eigenvalue weighted by molar-refractivity contribution is -0.387. The second-order valence-electron chi connectivity index (χ2n) is 3.33. The highest BCUT2D eigenvalue weighted by molar-refractivity contribution is 6.42. The van der Waals surface area contributed by atoms with Crippen LogP contribution in [0.2, 0.25) is 10.0 Å². The Labute approximate surface area is 121 Å². The number of nitrogens with zero attached hydrogens (tertiary/aromatic N) is 1. The van der Waals surface area contributed by atoms with Crippen LogP contribution in [0.5, 0.6) is 5.75 Å². The van der Waals surface area contributed by atoms with Gasteiger partial charge in [0.05, 0.1) is 21.6 Å². The minimum absolute atomic E-state index is 0.217. The van der Waals surface area contributed by atoms with E-state index in [4.69, 9.17) is 23.2 Å². The molecule has 0 spiro atoms. The van der Waals surface area contributed by atoms with Gasteiger partial charge in [0.2, 0.25) is 5.75 Å². The first-order chi connectivity index (χ1) is 9.19. The zero-order valence-electron chi connectivity index (χ0n) is 9.86. The molecular formula is C10H7Cl2F2NO5. The van der Waals surface area contributed by atoms with Gasteiger partial charge in [-0.2, -0.15) is 8.78 Å². The molecule has 0 saturated carbocycles. The number of alkyl halides is 2. The van der Waals surface area contributed by atoms with Gasteiger partial charge >= 0.3 is 17.8 Å². The molecule has 20 heavy (non-hydrogen) atoms. The second-order valence-corrected chi connectivity index (χ2v) is 4.14. The molecule has 0 N–H and O–H groups in total. The normalized spacial score (nSPS) is 11.1. The Kier molecular flexibility index (Phi) is 5.07. The van der Waals surface area contributed by atoms with E-state index >= 15 is 0 Å². The number of hydrogen-bond acceptors (Lipinski definition) is 5. The summed E-state index contributed by atoms with van der Waals surface area (Å²) < 4.78 is 34.9. The van der Waals surface area contributed by atoms with Gasteiger partial charge in [-0.1, -0.05) is 23.2 Å². The number of halogens is 4. The first-order valence-corrected chi connectivity index (χ1v) is 5.82. The summed E-state index contributed by atoms with van der Waals surface area (Å²) in [6, 6.07) is 1.45. The summed E-state index contributed by atoms with van der Waals surface area (Å²) in [6.45, 7) is 1.01. The molecule has 0 aliphatic rings. The summed E-state index contributed by atoms with van der Waals surface area (Å²) in [5, 5.41) is 10.3. The van der Waals surface area contributed by atoms with Gasteiger partial charge in [-0.15, -0.1) is 0 Å². The van der Waals surface area contributed by atoms with Crippen LogP contribution < -0.4 is 4.74 Å². The Hall–Kier alpha value is -1.67. The summed E-state index contributed by atoms with van der Waals surface area (Å²) in [5.74, 6) is -2.87. The number of benzene rings is 1. The molecule has 10 heteroatoms. The lowest BCUT2D eigenvalue weighted by Crippen LogP contribution is -2.37. The summed E-state index contributed by atoms with van der Waals surface area (Å²) in [4.78, 5) is 20.7. The van der Waals surface area contributed by atoms with Crippen LogP contribution in [0.4, 0.5) is 14.5 Å². The molecule has 0 fully saturated rings. The lowest BCUT2D eigenvalue weighted by Gasteiger charge is -2.16. The fourth-order valence-electron chi connectivity index (χ4n) is 1.14. The fourth-order valence-corrected chi connectivity index (χ4v) is 1.45. The number of hydrogen-bond donors (Lipinski definition) is 0. The molecule has 0 unspecified atom stereocenters. The summed E-state index contributed by atoms with van der Waals surface area (Å²) in [5.41, 5.74) is -0.858. The van der Waals surface area contributed by atoms with Gasteiger partial charge in [-0.25, -0.2) is 4.79 Å². The number of esters is 1. The fraction of sp³-hybridized carbons (Fsp3) is 0.300. The number of carbonyl (C=O) groups excluding carboxylic acids is 1. The van der Waals surface area contributed by atoms with Crippen LogP contribution >= 0.6 is 23.2 Å². The molecule has 0 amide bonds. The number of nitro benzene ring substituents is 1. The Balaban J connectivity index is 3.17. The van der Waals surface area contributed by atoms with Crippen molar-refractivity contribution in [3.63, 3.8) is 0 Å². The molecule has 0 aliphatic carbocycles. The molecule has 6 nitrogen and oxygen atoms in total. The Bertz CT molecular complexity index is 553. The van der Waals surface area contributed by atoms with Crippen molar-refractivity contribution in [3.05, 3.63) is 32.3 Å². The highest BCUT2D eigenvalue weighted by Crippen LogP contribution is 2.38. The van der Waals surface area contributed by atoms with E-state index in [0.717, 1.165) is 12.1 Å². The van der Waals surface area contributed by atoms with Crippen LogP contribution in [0, 0.1) is 10.1 Å². The molecule has 0 bridgehead atoms. The third kappa shape index (κ3) is 3.67. The predicted molar refractivity (Wildman–Crippen MR) is 65.3 cm³/mol. The van der Waals surface area contributed by atoms with Crippen molar-refractivity contribution in [1.29, 1.82) is 0 Å². The van der Waals surface area contributed by atoms with Crippen molar-refractivity contribution in [2.75, 3.05) is 6.61 Å². The Morgan fingerprint density at radius 3 is 2.45 bits per heavy atom. The van der Waals surface area contributed by atoms with Crippen molar-refractivity contribution in [2.24, 2.45) is 0 Å². The molecule has 0 heterocycles. The molecule has 0 saturated heterocycles. The van der Waals surface area contributed by atoms with Crippen LogP contribution in [-0.4, -0.2) is 23.6 Å². The Morgan fingerprint density at radius 1 is 1.40 bits per heavy atom. The summed E-state index contributed by atoms with van der Waals surface area (Å²) in [7, 11) is 0. The van der Waals surface area contributed by atoms with Gasteiger partial charge in [0.1, 0.15) is 0 Å². The van der Waals surface area contributed by atoms with E-state index in [-0.39, 0.29) is 16.7 Å². The maximum atomic E-state index is 13.4. The van der Waals surface area contributed by atoms with Crippen molar-refractivity contribution in [1.82, 2.24) is 0 Å². The minimum Gasteiger partial charge on any atom is -0.459 e. The van der Waals surface area contributed by atoms with E-state index in [0.29, 0.717) is 0 Å². The van der Waals surface area contributed by atoms with Gasteiger partial charge in [0.25, 0.3) is 0 Å². The summed E-state index contributed by atoms with van der Waals surface area (Å²) >= 11 is 11.1. The van der Waals surface area contributed by atoms with Gasteiger partial charge in [-0.05, 0) is 6.92 Å². The zero-order valence-corrected chi connectivity index (χ0v) is 11.4. The van der Waals surface area contributed by atoms with Gasteiger partial charge in [-0.3, -0.25) is 10.1 Å². The van der Waals surface area contributed by atoms with Gasteiger partial charge in [0.15, 0.2) is 0 Å². The maximum absolute atomic E-state index is 13.4. The van der Waals surface area contributed by atoms with Gasteiger partial charge in [0, 0.05) is 12.1 Å². The molecule has 0 aromatic heterocycles. The average molecular weight is 330 g/mol. The van der Waals surface area contributed by atoms with E-state index < -0.39 is 28.4 Å². The van der Waals surface area contributed by atoms with Gasteiger partial charge < -0.3 is 9.47 Å². The van der Waals surface area contributed by atoms with Crippen LogP contribution in [0.3, 0.4) is 0 Å². The smallest absolute Gasteiger partial charge is 0.459 e. The molecule has 0 aliphatic heterocycles. The number of nitro groups is 1. The van der Waals surface area contributed by atoms with Crippen LogP contribution in [-0.2, 0) is 9.53 Å². The molecular weight excluding hydrogens is 323 g/mol. The second kappa shape index (κ2) is 6.19.